The van der Waals surface area contributed by atoms with Gasteiger partial charge in [0.25, 0.3) is 0 Å². The lowest BCUT2D eigenvalue weighted by molar-refractivity contribution is -0.112. The normalized spacial score (nSPS) is 11.5. The number of ketones is 1. The van der Waals surface area contributed by atoms with E-state index in [2.05, 4.69) is 5.32 Å². The van der Waals surface area contributed by atoms with Crippen LogP contribution in [0.15, 0.2) is 17.8 Å². The zero-order valence-electron chi connectivity index (χ0n) is 11.1. The fraction of sp³-hybridized carbons (Fsp3) is 0.357. The Morgan fingerprint density at radius 1 is 1.24 bits per heavy atom. The number of nitrogen functional groups attached to an aromatic ring is 1. The summed E-state index contributed by atoms with van der Waals surface area (Å²) in [6.45, 7) is 9.42. The zero-order chi connectivity index (χ0) is 13.2. The predicted octanol–water partition coefficient (Wildman–Crippen LogP) is 3.10. The number of carbonyl (C=O) groups is 1. The summed E-state index contributed by atoms with van der Waals surface area (Å²) in [5, 5.41) is 3.24. The number of anilines is 2. The Kier molecular flexibility index (Phi) is 3.94. The number of hydrogen-bond acceptors (Lipinski definition) is 3. The second-order valence-electron chi connectivity index (χ2n) is 4.49. The molecule has 0 atom stereocenters. The smallest absolute Gasteiger partial charge is 0.154 e. The summed E-state index contributed by atoms with van der Waals surface area (Å²) in [6, 6.07) is 2.05. The van der Waals surface area contributed by atoms with Crippen LogP contribution in [0.25, 0.3) is 0 Å². The van der Waals surface area contributed by atoms with Crippen LogP contribution in [0.1, 0.15) is 30.5 Å². The summed E-state index contributed by atoms with van der Waals surface area (Å²) in [4.78, 5) is 11.0. The first-order valence-corrected chi connectivity index (χ1v) is 5.65. The van der Waals surface area contributed by atoms with Gasteiger partial charge in [-0.1, -0.05) is 6.07 Å². The Morgan fingerprint density at radius 3 is 2.35 bits per heavy atom. The average Bonchev–Trinajstić information content (AvgIpc) is 2.20. The predicted molar refractivity (Wildman–Crippen MR) is 73.1 cm³/mol. The Hall–Kier alpha value is -1.77. The number of nitrogens with two attached hydrogens (primary N) is 1. The van der Waals surface area contributed by atoms with Crippen LogP contribution in [0, 0.1) is 20.8 Å². The second-order valence-corrected chi connectivity index (χ2v) is 4.49. The molecule has 0 radical (unpaired) electrons. The number of aryl methyl sites for hydroxylation is 2. The van der Waals surface area contributed by atoms with E-state index in [-0.39, 0.29) is 5.78 Å². The van der Waals surface area contributed by atoms with Gasteiger partial charge in [-0.2, -0.15) is 0 Å². The van der Waals surface area contributed by atoms with Gasteiger partial charge in [0, 0.05) is 17.1 Å². The van der Waals surface area contributed by atoms with Crippen molar-refractivity contribution in [3.8, 4) is 0 Å². The van der Waals surface area contributed by atoms with E-state index < -0.39 is 0 Å². The Labute approximate surface area is 103 Å². The Balaban J connectivity index is 3.16. The quantitative estimate of drug-likeness (QED) is 0.622. The van der Waals surface area contributed by atoms with Crippen molar-refractivity contribution in [2.75, 3.05) is 11.1 Å². The molecule has 92 valence electrons. The minimum Gasteiger partial charge on any atom is -0.398 e. The fourth-order valence-corrected chi connectivity index (χ4v) is 1.93. The van der Waals surface area contributed by atoms with Crippen molar-refractivity contribution < 1.29 is 4.79 Å². The van der Waals surface area contributed by atoms with Crippen LogP contribution in [0.5, 0.6) is 0 Å². The van der Waals surface area contributed by atoms with Gasteiger partial charge in [0.2, 0.25) is 0 Å². The molecule has 0 spiro atoms. The largest absolute Gasteiger partial charge is 0.398 e. The molecule has 17 heavy (non-hydrogen) atoms. The molecule has 0 aliphatic carbocycles. The van der Waals surface area contributed by atoms with Gasteiger partial charge < -0.3 is 11.1 Å². The fourth-order valence-electron chi connectivity index (χ4n) is 1.93. The number of nitrogens with one attached hydrogen (secondary N) is 1. The van der Waals surface area contributed by atoms with E-state index in [1.165, 1.54) is 6.92 Å². The molecule has 0 heterocycles. The van der Waals surface area contributed by atoms with E-state index in [0.717, 1.165) is 33.8 Å². The van der Waals surface area contributed by atoms with Gasteiger partial charge >= 0.3 is 0 Å². The lowest BCUT2D eigenvalue weighted by atomic mass is 10.0. The maximum atomic E-state index is 11.0. The average molecular weight is 232 g/mol. The number of hydrogen-bond donors (Lipinski definition) is 2. The van der Waals surface area contributed by atoms with E-state index in [0.29, 0.717) is 0 Å². The van der Waals surface area contributed by atoms with Gasteiger partial charge in [-0.15, -0.1) is 0 Å². The molecule has 0 saturated heterocycles. The molecule has 1 aromatic rings. The summed E-state index contributed by atoms with van der Waals surface area (Å²) in [7, 11) is 0. The van der Waals surface area contributed by atoms with E-state index in [4.69, 9.17) is 5.73 Å². The molecule has 0 aromatic heterocycles. The van der Waals surface area contributed by atoms with Gasteiger partial charge in [0.15, 0.2) is 5.78 Å². The minimum absolute atomic E-state index is 0.0328. The van der Waals surface area contributed by atoms with Gasteiger partial charge in [-0.3, -0.25) is 4.79 Å². The van der Waals surface area contributed by atoms with Gasteiger partial charge in [0.05, 0.1) is 0 Å². The monoisotopic (exact) mass is 232 g/mol. The number of benzene rings is 1. The molecule has 0 aliphatic rings. The molecule has 3 nitrogen and oxygen atoms in total. The number of allylic oxidation sites excluding steroid dienone is 2. The molecule has 0 saturated carbocycles. The van der Waals surface area contributed by atoms with Crippen molar-refractivity contribution in [2.24, 2.45) is 0 Å². The van der Waals surface area contributed by atoms with Crippen LogP contribution in [0.4, 0.5) is 11.4 Å². The highest BCUT2D eigenvalue weighted by atomic mass is 16.1. The molecule has 3 heteroatoms. The Morgan fingerprint density at radius 2 is 1.82 bits per heavy atom. The first-order chi connectivity index (χ1) is 7.82. The van der Waals surface area contributed by atoms with Crippen molar-refractivity contribution in [1.82, 2.24) is 0 Å². The number of carbonyl (C=O) groups excluding carboxylic acids is 1. The van der Waals surface area contributed by atoms with Crippen molar-refractivity contribution in [3.63, 3.8) is 0 Å². The highest BCUT2D eigenvalue weighted by Gasteiger charge is 2.08. The van der Waals surface area contributed by atoms with Crippen molar-refractivity contribution in [3.05, 3.63) is 34.5 Å². The first-order valence-electron chi connectivity index (χ1n) is 5.65. The third-order valence-corrected chi connectivity index (χ3v) is 2.77. The summed E-state index contributed by atoms with van der Waals surface area (Å²) in [5.41, 5.74) is 11.9. The van der Waals surface area contributed by atoms with Crippen LogP contribution in [-0.4, -0.2) is 5.78 Å². The van der Waals surface area contributed by atoms with Crippen LogP contribution in [0.3, 0.4) is 0 Å². The molecule has 0 fully saturated rings. The van der Waals surface area contributed by atoms with Gasteiger partial charge in [-0.25, -0.2) is 0 Å². The number of rotatable bonds is 3. The van der Waals surface area contributed by atoms with E-state index in [1.807, 2.05) is 33.8 Å². The third kappa shape index (κ3) is 3.09. The van der Waals surface area contributed by atoms with Crippen LogP contribution in [0.2, 0.25) is 0 Å². The summed E-state index contributed by atoms with van der Waals surface area (Å²) in [6.07, 6.45) is 1.58. The topological polar surface area (TPSA) is 55.1 Å². The van der Waals surface area contributed by atoms with Crippen LogP contribution in [-0.2, 0) is 4.79 Å². The lowest BCUT2D eigenvalue weighted by Crippen LogP contribution is -2.05. The maximum Gasteiger partial charge on any atom is 0.154 e. The van der Waals surface area contributed by atoms with Crippen LogP contribution < -0.4 is 11.1 Å². The highest BCUT2D eigenvalue weighted by molar-refractivity contribution is 5.88. The van der Waals surface area contributed by atoms with Crippen molar-refractivity contribution in [2.45, 2.75) is 34.6 Å². The first kappa shape index (κ1) is 13.3. The van der Waals surface area contributed by atoms with Crippen LogP contribution >= 0.6 is 0 Å². The third-order valence-electron chi connectivity index (χ3n) is 2.77. The van der Waals surface area contributed by atoms with E-state index in [1.54, 1.807) is 6.08 Å². The molecular weight excluding hydrogens is 212 g/mol. The van der Waals surface area contributed by atoms with E-state index >= 15 is 0 Å². The molecule has 0 bridgehead atoms. The second kappa shape index (κ2) is 5.04. The molecule has 0 unspecified atom stereocenters. The highest BCUT2D eigenvalue weighted by Crippen LogP contribution is 2.29. The molecular formula is C14H20N2O. The standard InChI is InChI=1S/C14H20N2O/c1-8-6-9(2)14(12(5)13(8)15)16-10(3)7-11(4)17/h6-7,16H,15H2,1-5H3/b10-7+. The summed E-state index contributed by atoms with van der Waals surface area (Å²) >= 11 is 0. The van der Waals surface area contributed by atoms with Gasteiger partial charge in [0.1, 0.15) is 0 Å². The summed E-state index contributed by atoms with van der Waals surface area (Å²) < 4.78 is 0. The maximum absolute atomic E-state index is 11.0. The molecule has 3 N–H and O–H groups in total. The van der Waals surface area contributed by atoms with Gasteiger partial charge in [-0.05, 0) is 57.4 Å². The minimum atomic E-state index is 0.0328. The zero-order valence-corrected chi connectivity index (χ0v) is 11.1. The molecule has 0 amide bonds. The molecule has 1 rings (SSSR count). The summed E-state index contributed by atoms with van der Waals surface area (Å²) in [5.74, 6) is 0.0328. The molecule has 0 aliphatic heterocycles. The van der Waals surface area contributed by atoms with Crippen molar-refractivity contribution >= 4 is 17.2 Å². The van der Waals surface area contributed by atoms with Crippen molar-refractivity contribution in [1.29, 1.82) is 0 Å². The van der Waals surface area contributed by atoms with E-state index in [9.17, 15) is 4.79 Å². The SMILES string of the molecule is CC(=O)/C=C(\C)Nc1c(C)cc(C)c(N)c1C. The molecule has 1 aromatic carbocycles. The Bertz CT molecular complexity index is 487. The lowest BCUT2D eigenvalue weighted by Gasteiger charge is -2.16.